The van der Waals surface area contributed by atoms with Crippen LogP contribution in [-0.2, 0) is 12.7 Å². The van der Waals surface area contributed by atoms with Crippen molar-refractivity contribution in [3.05, 3.63) is 41.3 Å². The third-order valence-corrected chi connectivity index (χ3v) is 4.05. The van der Waals surface area contributed by atoms with E-state index in [2.05, 4.69) is 4.98 Å². The summed E-state index contributed by atoms with van der Waals surface area (Å²) in [6.45, 7) is 1.42. The van der Waals surface area contributed by atoms with Gasteiger partial charge in [-0.05, 0) is 31.9 Å². The van der Waals surface area contributed by atoms with Crippen molar-refractivity contribution in [3.8, 4) is 11.3 Å². The van der Waals surface area contributed by atoms with Gasteiger partial charge in [0.15, 0.2) is 5.78 Å². The van der Waals surface area contributed by atoms with Crippen molar-refractivity contribution in [2.45, 2.75) is 38.6 Å². The normalized spacial score (nSPS) is 17.9. The van der Waals surface area contributed by atoms with Gasteiger partial charge in [0.2, 0.25) is 0 Å². The van der Waals surface area contributed by atoms with Crippen LogP contribution in [-0.4, -0.2) is 20.4 Å². The lowest BCUT2D eigenvalue weighted by Gasteiger charge is -2.23. The third kappa shape index (κ3) is 2.55. The molecule has 0 radical (unpaired) electrons. The second-order valence-electron chi connectivity index (χ2n) is 5.59. The van der Waals surface area contributed by atoms with Crippen LogP contribution >= 0.6 is 0 Å². The zero-order chi connectivity index (χ0) is 16.8. The van der Waals surface area contributed by atoms with Gasteiger partial charge in [-0.15, -0.1) is 0 Å². The Hall–Kier alpha value is -2.15. The van der Waals surface area contributed by atoms with E-state index in [9.17, 15) is 23.1 Å². The van der Waals surface area contributed by atoms with Crippen LogP contribution < -0.4 is 0 Å². The molecule has 0 amide bonds. The fraction of sp³-hybridized carbons (Fsp3) is 0.375. The lowest BCUT2D eigenvalue weighted by molar-refractivity contribution is -0.137. The van der Waals surface area contributed by atoms with Crippen molar-refractivity contribution < 1.29 is 23.1 Å². The van der Waals surface area contributed by atoms with Crippen LogP contribution in [0.3, 0.4) is 0 Å². The molecule has 2 aromatic rings. The largest absolute Gasteiger partial charge is 0.419 e. The van der Waals surface area contributed by atoms with Gasteiger partial charge in [-0.3, -0.25) is 9.78 Å². The first-order valence-electron chi connectivity index (χ1n) is 7.25. The topological polar surface area (TPSA) is 55.1 Å². The molecule has 0 bridgehead atoms. The van der Waals surface area contributed by atoms with E-state index < -0.39 is 29.2 Å². The molecule has 0 saturated carbocycles. The molecule has 0 fully saturated rings. The smallest absolute Gasteiger partial charge is 0.387 e. The molecule has 1 aliphatic rings. The number of aliphatic hydroxyl groups is 1. The van der Waals surface area contributed by atoms with Gasteiger partial charge >= 0.3 is 6.18 Å². The van der Waals surface area contributed by atoms with E-state index in [1.807, 2.05) is 0 Å². The minimum Gasteiger partial charge on any atom is -0.387 e. The van der Waals surface area contributed by atoms with E-state index >= 15 is 0 Å². The van der Waals surface area contributed by atoms with Gasteiger partial charge < -0.3 is 9.67 Å². The van der Waals surface area contributed by atoms with E-state index in [1.165, 1.54) is 23.0 Å². The van der Waals surface area contributed by atoms with Crippen molar-refractivity contribution in [3.63, 3.8) is 0 Å². The summed E-state index contributed by atoms with van der Waals surface area (Å²) < 4.78 is 42.5. The van der Waals surface area contributed by atoms with Crippen molar-refractivity contribution in [1.29, 1.82) is 0 Å². The first kappa shape index (κ1) is 15.7. The number of ketones is 1. The van der Waals surface area contributed by atoms with Gasteiger partial charge in [0.1, 0.15) is 0 Å². The van der Waals surface area contributed by atoms with Crippen molar-refractivity contribution in [1.82, 2.24) is 9.55 Å². The number of hydrogen-bond acceptors (Lipinski definition) is 3. The third-order valence-electron chi connectivity index (χ3n) is 4.05. The maximum atomic E-state index is 13.7. The minimum absolute atomic E-state index is 0.0647. The number of rotatable bonds is 2. The number of aliphatic hydroxyl groups excluding tert-OH is 1. The number of aromatic nitrogens is 2. The summed E-state index contributed by atoms with van der Waals surface area (Å²) >= 11 is 0. The Morgan fingerprint density at radius 2 is 2.17 bits per heavy atom. The summed E-state index contributed by atoms with van der Waals surface area (Å²) in [6.07, 6.45) is -2.08. The summed E-state index contributed by atoms with van der Waals surface area (Å²) in [4.78, 5) is 15.8. The minimum atomic E-state index is -4.70. The number of alkyl halides is 3. The van der Waals surface area contributed by atoms with Gasteiger partial charge in [0, 0.05) is 24.5 Å². The maximum absolute atomic E-state index is 13.7. The molecule has 1 aliphatic heterocycles. The van der Waals surface area contributed by atoms with Crippen LogP contribution in [0.5, 0.6) is 0 Å². The van der Waals surface area contributed by atoms with Crippen molar-refractivity contribution in [2.75, 3.05) is 0 Å². The zero-order valence-corrected chi connectivity index (χ0v) is 12.4. The van der Waals surface area contributed by atoms with E-state index in [0.717, 1.165) is 6.92 Å². The van der Waals surface area contributed by atoms with Gasteiger partial charge in [-0.2, -0.15) is 13.2 Å². The number of Topliss-reactive ketones (excluding diaryl/α,β-unsaturated/α-hetero) is 1. The number of carbonyl (C=O) groups is 1. The molecule has 0 spiro atoms. The number of halogens is 3. The van der Waals surface area contributed by atoms with Gasteiger partial charge in [0.05, 0.1) is 28.6 Å². The molecule has 7 heteroatoms. The molecule has 3 rings (SSSR count). The first-order valence-corrected chi connectivity index (χ1v) is 7.25. The van der Waals surface area contributed by atoms with E-state index in [1.54, 1.807) is 6.07 Å². The highest BCUT2D eigenvalue weighted by molar-refractivity contribution is 5.99. The Kier molecular flexibility index (Phi) is 3.75. The maximum Gasteiger partial charge on any atom is 0.419 e. The monoisotopic (exact) mass is 324 g/mol. The van der Waals surface area contributed by atoms with E-state index in [-0.39, 0.29) is 17.0 Å². The predicted octanol–water partition coefficient (Wildman–Crippen LogP) is 3.60. The molecule has 0 saturated heterocycles. The van der Waals surface area contributed by atoms with E-state index in [0.29, 0.717) is 19.4 Å². The Balaban J connectivity index is 2.43. The SMILES string of the molecule is CC(=O)c1c(C(F)(F)F)c(-c2cccnc2)n2c1C(O)CCC2. The number of nitrogens with zero attached hydrogens (tertiary/aromatic N) is 2. The molecule has 2 aromatic heterocycles. The Morgan fingerprint density at radius 1 is 1.43 bits per heavy atom. The molecule has 1 N–H and O–H groups in total. The standard InChI is InChI=1S/C16H15F3N2O2/c1-9(22)12-13(16(17,18)19)14(10-4-2-6-20-8-10)21-7-3-5-11(23)15(12)21/h2,4,6,8,11,23H,3,5,7H2,1H3. The fourth-order valence-electron chi connectivity index (χ4n) is 3.23. The van der Waals surface area contributed by atoms with Crippen molar-refractivity contribution in [2.24, 2.45) is 0 Å². The highest BCUT2D eigenvalue weighted by atomic mass is 19.4. The second kappa shape index (κ2) is 5.49. The van der Waals surface area contributed by atoms with Crippen LogP contribution in [0.4, 0.5) is 13.2 Å². The molecule has 3 heterocycles. The van der Waals surface area contributed by atoms with Gasteiger partial charge in [-0.1, -0.05) is 0 Å². The molecule has 0 aliphatic carbocycles. The molecule has 1 atom stereocenters. The van der Waals surface area contributed by atoms with E-state index in [4.69, 9.17) is 0 Å². The number of pyridine rings is 1. The first-order chi connectivity index (χ1) is 10.8. The Labute approximate surface area is 130 Å². The molecular weight excluding hydrogens is 309 g/mol. The van der Waals surface area contributed by atoms with Gasteiger partial charge in [0.25, 0.3) is 0 Å². The molecule has 0 aromatic carbocycles. The van der Waals surface area contributed by atoms with Crippen LogP contribution in [0.25, 0.3) is 11.3 Å². The highest BCUT2D eigenvalue weighted by Gasteiger charge is 2.44. The van der Waals surface area contributed by atoms with Crippen LogP contribution in [0.2, 0.25) is 0 Å². The molecule has 23 heavy (non-hydrogen) atoms. The number of fused-ring (bicyclic) bond motifs is 1. The quantitative estimate of drug-likeness (QED) is 0.859. The average Bonchev–Trinajstić information content (AvgIpc) is 2.85. The molecular formula is C16H15F3N2O2. The Bertz CT molecular complexity index is 751. The summed E-state index contributed by atoms with van der Waals surface area (Å²) in [5, 5.41) is 10.2. The molecule has 4 nitrogen and oxygen atoms in total. The summed E-state index contributed by atoms with van der Waals surface area (Å²) in [5.41, 5.74) is -1.15. The number of carbonyl (C=O) groups excluding carboxylic acids is 1. The van der Waals surface area contributed by atoms with Crippen LogP contribution in [0.1, 0.15) is 47.5 Å². The summed E-state index contributed by atoms with van der Waals surface area (Å²) in [5.74, 6) is -0.697. The number of hydrogen-bond donors (Lipinski definition) is 1. The average molecular weight is 324 g/mol. The Morgan fingerprint density at radius 3 is 2.74 bits per heavy atom. The predicted molar refractivity (Wildman–Crippen MR) is 76.9 cm³/mol. The summed E-state index contributed by atoms with van der Waals surface area (Å²) in [6, 6.07) is 3.07. The lowest BCUT2D eigenvalue weighted by Crippen LogP contribution is -2.17. The second-order valence-corrected chi connectivity index (χ2v) is 5.59. The highest BCUT2D eigenvalue weighted by Crippen LogP contribution is 2.46. The van der Waals surface area contributed by atoms with Gasteiger partial charge in [-0.25, -0.2) is 0 Å². The summed E-state index contributed by atoms with van der Waals surface area (Å²) in [7, 11) is 0. The van der Waals surface area contributed by atoms with Crippen LogP contribution in [0, 0.1) is 0 Å². The molecule has 122 valence electrons. The fourth-order valence-corrected chi connectivity index (χ4v) is 3.23. The lowest BCUT2D eigenvalue weighted by atomic mass is 9.98. The van der Waals surface area contributed by atoms with Crippen LogP contribution in [0.15, 0.2) is 24.5 Å². The van der Waals surface area contributed by atoms with Crippen molar-refractivity contribution >= 4 is 5.78 Å². The zero-order valence-electron chi connectivity index (χ0n) is 12.4. The molecule has 1 unspecified atom stereocenters.